The first-order chi connectivity index (χ1) is 7.69. The molecule has 0 fully saturated rings. The number of benzene rings is 1. The predicted molar refractivity (Wildman–Crippen MR) is 77.9 cm³/mol. The first-order valence-electron chi connectivity index (χ1n) is 5.32. The van der Waals surface area contributed by atoms with E-state index in [0.717, 1.165) is 23.1 Å². The van der Waals surface area contributed by atoms with Gasteiger partial charge in [-0.15, -0.1) is 0 Å². The molecule has 0 N–H and O–H groups in total. The summed E-state index contributed by atoms with van der Waals surface area (Å²) in [6.07, 6.45) is 7.29. The van der Waals surface area contributed by atoms with Crippen LogP contribution in [0.2, 0.25) is 0 Å². The molecule has 1 rings (SSSR count). The fraction of sp³-hybridized carbons (Fsp3) is 0.214. The van der Waals surface area contributed by atoms with Crippen LogP contribution in [0.5, 0.6) is 0 Å². The molecule has 1 aromatic rings. The van der Waals surface area contributed by atoms with Crippen LogP contribution in [-0.2, 0) is 0 Å². The Morgan fingerprint density at radius 3 is 2.62 bits per heavy atom. The lowest BCUT2D eigenvalue weighted by molar-refractivity contribution is 0.110. The van der Waals surface area contributed by atoms with Gasteiger partial charge in [-0.1, -0.05) is 43.4 Å². The highest BCUT2D eigenvalue weighted by Crippen LogP contribution is 2.19. The molecule has 16 heavy (non-hydrogen) atoms. The molecule has 0 unspecified atom stereocenters. The molecule has 0 amide bonds. The van der Waals surface area contributed by atoms with Gasteiger partial charge in [-0.2, -0.15) is 0 Å². The zero-order valence-corrected chi connectivity index (χ0v) is 11.7. The molecule has 2 heteroatoms. The lowest BCUT2D eigenvalue weighted by Gasteiger charge is -2.03. The molecule has 0 aliphatic rings. The van der Waals surface area contributed by atoms with Crippen molar-refractivity contribution >= 4 is 32.0 Å². The average molecular weight is 326 g/mol. The van der Waals surface area contributed by atoms with Crippen molar-refractivity contribution in [1.29, 1.82) is 0 Å². The highest BCUT2D eigenvalue weighted by Gasteiger charge is 2.03. The Bertz CT molecular complexity index is 430. The van der Waals surface area contributed by atoms with Crippen molar-refractivity contribution in [1.82, 2.24) is 0 Å². The minimum Gasteiger partial charge on any atom is -0.282 e. The molecular weight excluding hydrogens is 311 g/mol. The summed E-state index contributed by atoms with van der Waals surface area (Å²) >= 11 is 1.81. The summed E-state index contributed by atoms with van der Waals surface area (Å²) < 4.78 is 0.0781. The monoisotopic (exact) mass is 326 g/mol. The van der Waals surface area contributed by atoms with Gasteiger partial charge in [0.2, 0.25) is 3.79 Å². The van der Waals surface area contributed by atoms with Crippen LogP contribution in [0, 0.1) is 0 Å². The SMILES string of the molecule is C/C=C(\C=C/CC)c1cccc(C(=O)I)c1. The van der Waals surface area contributed by atoms with Crippen LogP contribution in [-0.4, -0.2) is 3.79 Å². The first kappa shape index (κ1) is 13.2. The average Bonchev–Trinajstić information content (AvgIpc) is 2.30. The Balaban J connectivity index is 3.07. The fourth-order valence-electron chi connectivity index (χ4n) is 1.42. The van der Waals surface area contributed by atoms with Crippen molar-refractivity contribution in [2.45, 2.75) is 20.3 Å². The second-order valence-electron chi connectivity index (χ2n) is 3.41. The Morgan fingerprint density at radius 2 is 2.06 bits per heavy atom. The normalized spacial score (nSPS) is 12.1. The maximum Gasteiger partial charge on any atom is 0.222 e. The van der Waals surface area contributed by atoms with Crippen molar-refractivity contribution in [3.8, 4) is 0 Å². The van der Waals surface area contributed by atoms with Crippen LogP contribution < -0.4 is 0 Å². The lowest BCUT2D eigenvalue weighted by atomic mass is 10.0. The molecule has 0 saturated heterocycles. The van der Waals surface area contributed by atoms with E-state index in [1.165, 1.54) is 0 Å². The third-order valence-corrected chi connectivity index (χ3v) is 2.89. The zero-order chi connectivity index (χ0) is 12.0. The van der Waals surface area contributed by atoms with Crippen LogP contribution in [0.4, 0.5) is 0 Å². The van der Waals surface area contributed by atoms with Crippen molar-refractivity contribution < 1.29 is 4.79 Å². The molecular formula is C14H15IO. The van der Waals surface area contributed by atoms with E-state index in [-0.39, 0.29) is 3.79 Å². The smallest absolute Gasteiger partial charge is 0.222 e. The van der Waals surface area contributed by atoms with E-state index in [0.29, 0.717) is 0 Å². The van der Waals surface area contributed by atoms with Crippen LogP contribution in [0.15, 0.2) is 42.5 Å². The van der Waals surface area contributed by atoms with E-state index in [1.54, 1.807) is 0 Å². The highest BCUT2D eigenvalue weighted by molar-refractivity contribution is 14.1. The molecule has 0 aliphatic heterocycles. The summed E-state index contributed by atoms with van der Waals surface area (Å²) in [5.41, 5.74) is 3.00. The lowest BCUT2D eigenvalue weighted by Crippen LogP contribution is -1.89. The Morgan fingerprint density at radius 1 is 1.38 bits per heavy atom. The highest BCUT2D eigenvalue weighted by atomic mass is 127. The van der Waals surface area contributed by atoms with E-state index >= 15 is 0 Å². The topological polar surface area (TPSA) is 17.1 Å². The Kier molecular flexibility index (Phi) is 5.46. The molecule has 0 saturated carbocycles. The molecule has 0 aromatic heterocycles. The summed E-state index contributed by atoms with van der Waals surface area (Å²) in [6.45, 7) is 4.11. The van der Waals surface area contributed by atoms with Gasteiger partial charge in [-0.05, 0) is 30.5 Å². The number of carbonyl (C=O) groups excluding carboxylic acids is 1. The Hall–Kier alpha value is -0.900. The van der Waals surface area contributed by atoms with E-state index in [4.69, 9.17) is 0 Å². The van der Waals surface area contributed by atoms with Gasteiger partial charge in [0, 0.05) is 28.2 Å². The van der Waals surface area contributed by atoms with Gasteiger partial charge < -0.3 is 0 Å². The summed E-state index contributed by atoms with van der Waals surface area (Å²) in [4.78, 5) is 11.3. The van der Waals surface area contributed by atoms with Gasteiger partial charge >= 0.3 is 0 Å². The molecule has 0 radical (unpaired) electrons. The third kappa shape index (κ3) is 3.59. The van der Waals surface area contributed by atoms with E-state index in [9.17, 15) is 4.79 Å². The van der Waals surface area contributed by atoms with E-state index in [2.05, 4.69) is 25.2 Å². The largest absolute Gasteiger partial charge is 0.282 e. The zero-order valence-electron chi connectivity index (χ0n) is 9.53. The van der Waals surface area contributed by atoms with Gasteiger partial charge in [-0.3, -0.25) is 4.79 Å². The number of hydrogen-bond acceptors (Lipinski definition) is 1. The quantitative estimate of drug-likeness (QED) is 0.448. The fourth-order valence-corrected chi connectivity index (χ4v) is 1.76. The molecule has 0 aliphatic carbocycles. The molecule has 0 atom stereocenters. The van der Waals surface area contributed by atoms with Gasteiger partial charge in [0.1, 0.15) is 0 Å². The minimum atomic E-state index is 0.0781. The van der Waals surface area contributed by atoms with Crippen LogP contribution in [0.25, 0.3) is 5.57 Å². The Labute approximate surface area is 110 Å². The number of carbonyl (C=O) groups is 1. The number of hydrogen-bond donors (Lipinski definition) is 0. The maximum atomic E-state index is 11.3. The molecule has 0 heterocycles. The van der Waals surface area contributed by atoms with E-state index < -0.39 is 0 Å². The van der Waals surface area contributed by atoms with Gasteiger partial charge in [0.05, 0.1) is 0 Å². The second kappa shape index (κ2) is 6.63. The molecule has 1 nitrogen and oxygen atoms in total. The minimum absolute atomic E-state index is 0.0781. The van der Waals surface area contributed by atoms with Crippen molar-refractivity contribution in [3.63, 3.8) is 0 Å². The van der Waals surface area contributed by atoms with Crippen LogP contribution >= 0.6 is 22.6 Å². The summed E-state index contributed by atoms with van der Waals surface area (Å²) in [5, 5.41) is 0. The maximum absolute atomic E-state index is 11.3. The molecule has 1 aromatic carbocycles. The summed E-state index contributed by atoms with van der Waals surface area (Å²) in [5.74, 6) is 0. The number of halogens is 1. The first-order valence-corrected chi connectivity index (χ1v) is 6.40. The summed E-state index contributed by atoms with van der Waals surface area (Å²) in [7, 11) is 0. The van der Waals surface area contributed by atoms with Crippen molar-refractivity contribution in [2.24, 2.45) is 0 Å². The van der Waals surface area contributed by atoms with Crippen molar-refractivity contribution in [2.75, 3.05) is 0 Å². The summed E-state index contributed by atoms with van der Waals surface area (Å²) in [6, 6.07) is 7.72. The van der Waals surface area contributed by atoms with Crippen LogP contribution in [0.1, 0.15) is 36.2 Å². The predicted octanol–water partition coefficient (Wildman–Crippen LogP) is 4.63. The number of rotatable bonds is 4. The van der Waals surface area contributed by atoms with Gasteiger partial charge in [0.15, 0.2) is 0 Å². The molecule has 84 valence electrons. The van der Waals surface area contributed by atoms with Gasteiger partial charge in [0.25, 0.3) is 0 Å². The standard InChI is InChI=1S/C14H15IO/c1-3-5-7-11(4-2)12-8-6-9-13(10-12)14(15)16/h4-10H,3H2,1-2H3/b7-5-,11-4+. The van der Waals surface area contributed by atoms with Gasteiger partial charge in [-0.25, -0.2) is 0 Å². The van der Waals surface area contributed by atoms with Crippen molar-refractivity contribution in [3.05, 3.63) is 53.6 Å². The molecule has 0 spiro atoms. The number of allylic oxidation sites excluding steroid dienone is 4. The second-order valence-corrected chi connectivity index (χ2v) is 4.39. The third-order valence-electron chi connectivity index (χ3n) is 2.27. The molecule has 0 bridgehead atoms. The van der Waals surface area contributed by atoms with Crippen LogP contribution in [0.3, 0.4) is 0 Å². The van der Waals surface area contributed by atoms with E-state index in [1.807, 2.05) is 53.8 Å².